The maximum absolute atomic E-state index is 17.1. The molecule has 9 aromatic carbocycles. The highest BCUT2D eigenvalue weighted by atomic mass is 31.2. The molecule has 0 aliphatic heterocycles. The summed E-state index contributed by atoms with van der Waals surface area (Å²) in [4.78, 5) is 3.91. The fraction of sp³-hybridized carbons (Fsp3) is 0.0345. The third-order valence-corrected chi connectivity index (χ3v) is 17.3. The highest BCUT2D eigenvalue weighted by molar-refractivity contribution is 7.85. The van der Waals surface area contributed by atoms with Crippen molar-refractivity contribution < 1.29 is 4.57 Å². The van der Waals surface area contributed by atoms with Crippen molar-refractivity contribution in [1.82, 2.24) is 0 Å². The van der Waals surface area contributed by atoms with E-state index >= 15 is 4.57 Å². The summed E-state index contributed by atoms with van der Waals surface area (Å²) in [7, 11) is -3.61. The van der Waals surface area contributed by atoms with E-state index in [1.54, 1.807) is 0 Å². The van der Waals surface area contributed by atoms with Crippen LogP contribution in [-0.2, 0) is 15.4 Å². The summed E-state index contributed by atoms with van der Waals surface area (Å²) in [5.41, 5.74) is 17.8. The van der Waals surface area contributed by atoms with Crippen molar-refractivity contribution in [3.8, 4) is 50.6 Å². The predicted octanol–water partition coefficient (Wildman–Crippen LogP) is 12.4. The Morgan fingerprint density at radius 2 is 0.758 bits per heavy atom. The Morgan fingerprint density at radius 3 is 1.21 bits per heavy atom. The minimum absolute atomic E-state index is 0.595. The van der Waals surface area contributed by atoms with Crippen molar-refractivity contribution >= 4 is 28.7 Å². The van der Waals surface area contributed by atoms with Gasteiger partial charge in [-0.05, 0) is 113 Å². The average Bonchev–Trinajstić information content (AvgIpc) is 4.02. The first-order chi connectivity index (χ1) is 30.5. The van der Waals surface area contributed by atoms with Crippen molar-refractivity contribution in [2.75, 3.05) is 0 Å². The number of hydrogen-bond donors (Lipinski definition) is 0. The monoisotopic (exact) mass is 804 g/mol. The van der Waals surface area contributed by atoms with Gasteiger partial charge in [0.2, 0.25) is 0 Å². The fourth-order valence-electron chi connectivity index (χ4n) is 11.9. The lowest BCUT2D eigenvalue weighted by atomic mass is 9.70. The van der Waals surface area contributed by atoms with Gasteiger partial charge < -0.3 is 4.57 Å². The number of fused-ring (bicyclic) bond motifs is 20. The van der Waals surface area contributed by atoms with E-state index in [2.05, 4.69) is 169 Å². The SMILES string of the molecule is [C-]#[N+]c1ccc2c(c1)C1(c3ccccc3-c3ccccc31)c1cc(P(=O)(c3ccccc3)c3ccc4c(c3)C3(c5ccccc5-c5ccccc53)c3cc(C#N)ccc3-4)ccc1-2. The zero-order valence-electron chi connectivity index (χ0n) is 33.3. The van der Waals surface area contributed by atoms with Crippen LogP contribution in [0.4, 0.5) is 5.69 Å². The Hall–Kier alpha value is -7.81. The van der Waals surface area contributed by atoms with Crippen LogP contribution in [0, 0.1) is 17.9 Å². The summed E-state index contributed by atoms with van der Waals surface area (Å²) in [6, 6.07) is 72.1. The van der Waals surface area contributed by atoms with E-state index in [9.17, 15) is 5.26 Å². The first-order valence-corrected chi connectivity index (χ1v) is 22.7. The standard InChI is InChI=1S/C58H33N2OP/c1-60-37-24-28-46-48-30-26-40(34-56(48)58(54(46)32-37)51-21-11-7-17-43(51)44-18-8-12-22-52(44)58)62(61,38-13-3-2-4-14-38)39-25-29-47-45-27-23-36(35-59)31-53(45)57(55(47)33-39)49-19-9-5-15-41(49)42-16-6-10-20-50(42)57/h2-34H. The van der Waals surface area contributed by atoms with Crippen LogP contribution in [0.1, 0.15) is 50.1 Å². The van der Waals surface area contributed by atoms with Gasteiger partial charge in [-0.1, -0.05) is 176 Å². The van der Waals surface area contributed by atoms with Gasteiger partial charge >= 0.3 is 0 Å². The second-order valence-electron chi connectivity index (χ2n) is 16.8. The number of nitriles is 1. The molecule has 13 rings (SSSR count). The lowest BCUT2D eigenvalue weighted by molar-refractivity contribution is 0.592. The van der Waals surface area contributed by atoms with Crippen LogP contribution in [0.5, 0.6) is 0 Å². The molecule has 0 radical (unpaired) electrons. The Bertz CT molecular complexity index is 3300. The topological polar surface area (TPSA) is 45.2 Å². The molecule has 286 valence electrons. The number of nitrogens with zero attached hydrogens (tertiary/aromatic N) is 2. The number of rotatable bonds is 3. The first-order valence-electron chi connectivity index (χ1n) is 20.9. The van der Waals surface area contributed by atoms with Crippen molar-refractivity contribution in [3.05, 3.63) is 262 Å². The molecule has 4 heteroatoms. The molecule has 0 heterocycles. The third-order valence-electron chi connectivity index (χ3n) is 14.2. The van der Waals surface area contributed by atoms with Crippen molar-refractivity contribution in [2.24, 2.45) is 0 Å². The van der Waals surface area contributed by atoms with Crippen LogP contribution >= 0.6 is 7.14 Å². The maximum Gasteiger partial charge on any atom is 0.187 e. The van der Waals surface area contributed by atoms with Crippen LogP contribution in [0.2, 0.25) is 0 Å². The second-order valence-corrected chi connectivity index (χ2v) is 19.6. The third kappa shape index (κ3) is 4.12. The molecule has 4 aliphatic carbocycles. The summed E-state index contributed by atoms with van der Waals surface area (Å²) in [6.45, 7) is 8.05. The van der Waals surface area contributed by atoms with Gasteiger partial charge in [0.15, 0.2) is 12.8 Å². The highest BCUT2D eigenvalue weighted by Crippen LogP contribution is 2.65. The molecular weight excluding hydrogens is 772 g/mol. The Balaban J connectivity index is 1.11. The quantitative estimate of drug-likeness (QED) is 0.132. The molecule has 0 N–H and O–H groups in total. The summed E-state index contributed by atoms with van der Waals surface area (Å²) < 4.78 is 17.1. The maximum atomic E-state index is 17.1. The van der Waals surface area contributed by atoms with Crippen molar-refractivity contribution in [2.45, 2.75) is 10.8 Å². The van der Waals surface area contributed by atoms with Gasteiger partial charge in [0.25, 0.3) is 0 Å². The molecule has 62 heavy (non-hydrogen) atoms. The molecule has 1 atom stereocenters. The smallest absolute Gasteiger partial charge is 0.187 e. The van der Waals surface area contributed by atoms with E-state index in [4.69, 9.17) is 6.57 Å². The van der Waals surface area contributed by atoms with Gasteiger partial charge in [0.1, 0.15) is 0 Å². The van der Waals surface area contributed by atoms with Gasteiger partial charge in [-0.3, -0.25) is 0 Å². The van der Waals surface area contributed by atoms with Gasteiger partial charge in [-0.2, -0.15) is 5.26 Å². The summed E-state index contributed by atoms with van der Waals surface area (Å²) in [5, 5.41) is 12.5. The molecule has 0 amide bonds. The Morgan fingerprint density at radius 1 is 0.387 bits per heavy atom. The molecule has 2 spiro atoms. The molecule has 0 aromatic heterocycles. The molecule has 0 saturated carbocycles. The second kappa shape index (κ2) is 12.4. The summed E-state index contributed by atoms with van der Waals surface area (Å²) in [5.74, 6) is 0. The minimum Gasteiger partial charge on any atom is -0.309 e. The van der Waals surface area contributed by atoms with Gasteiger partial charge in [0, 0.05) is 15.9 Å². The number of benzene rings is 9. The lowest BCUT2D eigenvalue weighted by Gasteiger charge is -2.32. The Labute approximate surface area is 360 Å². The zero-order valence-corrected chi connectivity index (χ0v) is 34.2. The van der Waals surface area contributed by atoms with Gasteiger partial charge in [-0.15, -0.1) is 0 Å². The van der Waals surface area contributed by atoms with E-state index in [0.717, 1.165) is 71.5 Å². The molecular formula is C58H33N2OP. The van der Waals surface area contributed by atoms with E-state index < -0.39 is 18.0 Å². The van der Waals surface area contributed by atoms with Gasteiger partial charge in [0.05, 0.1) is 29.0 Å². The highest BCUT2D eigenvalue weighted by Gasteiger charge is 2.54. The van der Waals surface area contributed by atoms with Crippen LogP contribution in [0.25, 0.3) is 49.4 Å². The molecule has 4 aliphatic rings. The molecule has 0 fully saturated rings. The van der Waals surface area contributed by atoms with Crippen molar-refractivity contribution in [3.63, 3.8) is 0 Å². The van der Waals surface area contributed by atoms with E-state index in [0.29, 0.717) is 11.3 Å². The first kappa shape index (κ1) is 35.0. The van der Waals surface area contributed by atoms with Crippen LogP contribution in [0.15, 0.2) is 200 Å². The Kier molecular flexibility index (Phi) is 6.99. The molecule has 3 nitrogen and oxygen atoms in total. The summed E-state index contributed by atoms with van der Waals surface area (Å²) >= 11 is 0. The lowest BCUT2D eigenvalue weighted by Crippen LogP contribution is -2.31. The van der Waals surface area contributed by atoms with Crippen molar-refractivity contribution in [1.29, 1.82) is 5.26 Å². The summed E-state index contributed by atoms with van der Waals surface area (Å²) in [6.07, 6.45) is 0. The molecule has 0 saturated heterocycles. The molecule has 0 bridgehead atoms. The minimum atomic E-state index is -3.61. The van der Waals surface area contributed by atoms with E-state index in [1.807, 2.05) is 42.5 Å². The van der Waals surface area contributed by atoms with Gasteiger partial charge in [-0.25, -0.2) is 4.85 Å². The predicted molar refractivity (Wildman–Crippen MR) is 249 cm³/mol. The number of hydrogen-bond acceptors (Lipinski definition) is 2. The van der Waals surface area contributed by atoms with E-state index in [-0.39, 0.29) is 0 Å². The van der Waals surface area contributed by atoms with Crippen LogP contribution in [0.3, 0.4) is 0 Å². The molecule has 9 aromatic rings. The van der Waals surface area contributed by atoms with Crippen LogP contribution < -0.4 is 15.9 Å². The largest absolute Gasteiger partial charge is 0.309 e. The van der Waals surface area contributed by atoms with E-state index in [1.165, 1.54) is 33.4 Å². The zero-order chi connectivity index (χ0) is 41.4. The average molecular weight is 805 g/mol. The molecule has 1 unspecified atom stereocenters. The fourth-order valence-corrected chi connectivity index (χ4v) is 14.5. The normalized spacial score (nSPS) is 15.2. The van der Waals surface area contributed by atoms with Crippen LogP contribution in [-0.4, -0.2) is 0 Å².